The van der Waals surface area contributed by atoms with Gasteiger partial charge in [0.15, 0.2) is 0 Å². The number of anilines is 1. The summed E-state index contributed by atoms with van der Waals surface area (Å²) in [7, 11) is -3.91. The van der Waals surface area contributed by atoms with E-state index in [1.807, 2.05) is 0 Å². The third-order valence-electron chi connectivity index (χ3n) is 2.92. The molecule has 0 saturated heterocycles. The molecule has 0 atom stereocenters. The van der Waals surface area contributed by atoms with E-state index in [1.54, 1.807) is 38.1 Å². The summed E-state index contributed by atoms with van der Waals surface area (Å²) in [6.07, 6.45) is 0. The summed E-state index contributed by atoms with van der Waals surface area (Å²) in [4.78, 5) is 8.15. The Morgan fingerprint density at radius 1 is 1.18 bits per heavy atom. The molecule has 2 aromatic heterocycles. The van der Waals surface area contributed by atoms with E-state index < -0.39 is 10.0 Å². The number of hydrogen-bond donors (Lipinski definition) is 1. The second-order valence-corrected chi connectivity index (χ2v) is 6.77. The van der Waals surface area contributed by atoms with E-state index in [9.17, 15) is 8.42 Å². The average molecular weight is 338 g/mol. The summed E-state index contributed by atoms with van der Waals surface area (Å²) in [5.74, 6) is 0.240. The van der Waals surface area contributed by atoms with Gasteiger partial charge in [0.05, 0.1) is 5.69 Å². The molecular formula is C13H12ClN5O2S. The standard InChI is InChI=1S/C13H12ClN5O2S/c1-8-6-9(2)19-12(15-8)16-13(17-19)22(20,21)18-11-5-3-4-10(14)7-11/h3-7,18H,1-2H3. The van der Waals surface area contributed by atoms with E-state index in [4.69, 9.17) is 11.6 Å². The van der Waals surface area contributed by atoms with Gasteiger partial charge in [0.25, 0.3) is 21.0 Å². The van der Waals surface area contributed by atoms with Crippen molar-refractivity contribution in [3.8, 4) is 0 Å². The van der Waals surface area contributed by atoms with Crippen molar-refractivity contribution in [1.29, 1.82) is 0 Å². The molecule has 0 aliphatic carbocycles. The van der Waals surface area contributed by atoms with Crippen LogP contribution in [0.25, 0.3) is 5.78 Å². The van der Waals surface area contributed by atoms with Crippen molar-refractivity contribution in [3.05, 3.63) is 46.7 Å². The first kappa shape index (κ1) is 14.7. The molecule has 0 saturated carbocycles. The monoisotopic (exact) mass is 337 g/mol. The zero-order valence-electron chi connectivity index (χ0n) is 11.8. The fourth-order valence-electron chi connectivity index (χ4n) is 2.01. The largest absolute Gasteiger partial charge is 0.299 e. The Labute approximate surface area is 132 Å². The van der Waals surface area contributed by atoms with Gasteiger partial charge in [-0.3, -0.25) is 4.72 Å². The van der Waals surface area contributed by atoms with Gasteiger partial charge >= 0.3 is 0 Å². The number of fused-ring (bicyclic) bond motifs is 1. The predicted molar refractivity (Wildman–Crippen MR) is 82.5 cm³/mol. The minimum atomic E-state index is -3.91. The van der Waals surface area contributed by atoms with Crippen LogP contribution in [0.1, 0.15) is 11.4 Å². The fourth-order valence-corrected chi connectivity index (χ4v) is 3.12. The molecule has 0 unspecified atom stereocenters. The van der Waals surface area contributed by atoms with Gasteiger partial charge in [-0.2, -0.15) is 13.4 Å². The third kappa shape index (κ3) is 2.75. The number of benzene rings is 1. The van der Waals surface area contributed by atoms with Crippen LogP contribution in [0.5, 0.6) is 0 Å². The highest BCUT2D eigenvalue weighted by Crippen LogP contribution is 2.18. The number of halogens is 1. The molecule has 2 heterocycles. The van der Waals surface area contributed by atoms with Crippen LogP contribution in [0, 0.1) is 13.8 Å². The average Bonchev–Trinajstić information content (AvgIpc) is 2.83. The number of aromatic nitrogens is 4. The summed E-state index contributed by atoms with van der Waals surface area (Å²) in [5.41, 5.74) is 1.83. The molecule has 0 aliphatic heterocycles. The predicted octanol–water partition coefficient (Wildman–Crippen LogP) is 2.20. The first-order valence-corrected chi connectivity index (χ1v) is 8.21. The molecule has 0 aliphatic rings. The van der Waals surface area contributed by atoms with Crippen LogP contribution in [0.15, 0.2) is 35.5 Å². The van der Waals surface area contributed by atoms with E-state index in [2.05, 4.69) is 19.8 Å². The minimum absolute atomic E-state index is 0.240. The Morgan fingerprint density at radius 3 is 2.68 bits per heavy atom. The maximum Gasteiger partial charge on any atom is 0.299 e. The van der Waals surface area contributed by atoms with Crippen LogP contribution in [0.4, 0.5) is 5.69 Å². The van der Waals surface area contributed by atoms with Crippen molar-refractivity contribution in [1.82, 2.24) is 19.6 Å². The smallest absolute Gasteiger partial charge is 0.277 e. The zero-order chi connectivity index (χ0) is 15.9. The molecule has 0 radical (unpaired) electrons. The highest BCUT2D eigenvalue weighted by Gasteiger charge is 2.22. The second kappa shape index (κ2) is 5.22. The Hall–Kier alpha value is -2.19. The molecule has 0 fully saturated rings. The van der Waals surface area contributed by atoms with E-state index >= 15 is 0 Å². The van der Waals surface area contributed by atoms with Gasteiger partial charge < -0.3 is 0 Å². The van der Waals surface area contributed by atoms with Gasteiger partial charge in [-0.25, -0.2) is 9.50 Å². The lowest BCUT2D eigenvalue weighted by molar-refractivity contribution is 0.592. The van der Waals surface area contributed by atoms with Gasteiger partial charge in [0, 0.05) is 16.4 Å². The number of aryl methyl sites for hydroxylation is 2. The number of hydrogen-bond acceptors (Lipinski definition) is 5. The maximum atomic E-state index is 12.4. The number of nitrogens with one attached hydrogen (secondary N) is 1. The second-order valence-electron chi connectivity index (χ2n) is 4.76. The molecule has 0 amide bonds. The molecule has 0 spiro atoms. The van der Waals surface area contributed by atoms with Crippen LogP contribution in [0.2, 0.25) is 5.02 Å². The van der Waals surface area contributed by atoms with Crippen LogP contribution in [0.3, 0.4) is 0 Å². The molecule has 9 heteroatoms. The number of rotatable bonds is 3. The van der Waals surface area contributed by atoms with Crippen LogP contribution in [-0.2, 0) is 10.0 Å². The van der Waals surface area contributed by atoms with E-state index in [0.717, 1.165) is 11.4 Å². The summed E-state index contributed by atoms with van der Waals surface area (Å²) in [6.45, 7) is 3.61. The molecule has 3 rings (SSSR count). The van der Waals surface area contributed by atoms with Crippen molar-refractivity contribution in [2.24, 2.45) is 0 Å². The van der Waals surface area contributed by atoms with Gasteiger partial charge in [-0.1, -0.05) is 17.7 Å². The fraction of sp³-hybridized carbons (Fsp3) is 0.154. The Morgan fingerprint density at radius 2 is 1.95 bits per heavy atom. The lowest BCUT2D eigenvalue weighted by atomic mass is 10.3. The topological polar surface area (TPSA) is 89.3 Å². The molecule has 7 nitrogen and oxygen atoms in total. The lowest BCUT2D eigenvalue weighted by Gasteiger charge is -2.04. The molecule has 1 N–H and O–H groups in total. The quantitative estimate of drug-likeness (QED) is 0.791. The minimum Gasteiger partial charge on any atom is -0.277 e. The summed E-state index contributed by atoms with van der Waals surface area (Å²) in [5, 5.41) is 4.09. The highest BCUT2D eigenvalue weighted by molar-refractivity contribution is 7.92. The number of sulfonamides is 1. The molecule has 0 bridgehead atoms. The van der Waals surface area contributed by atoms with Crippen molar-refractivity contribution in [2.45, 2.75) is 19.0 Å². The molecule has 1 aromatic carbocycles. The maximum absolute atomic E-state index is 12.4. The van der Waals surface area contributed by atoms with E-state index in [1.165, 1.54) is 10.6 Å². The van der Waals surface area contributed by atoms with Crippen LogP contribution < -0.4 is 4.72 Å². The summed E-state index contributed by atoms with van der Waals surface area (Å²) in [6, 6.07) is 8.18. The molecular weight excluding hydrogens is 326 g/mol. The summed E-state index contributed by atoms with van der Waals surface area (Å²) >= 11 is 5.84. The molecule has 114 valence electrons. The van der Waals surface area contributed by atoms with E-state index in [-0.39, 0.29) is 10.9 Å². The SMILES string of the molecule is Cc1cc(C)n2nc(S(=O)(=O)Nc3cccc(Cl)c3)nc2n1. The normalized spacial score (nSPS) is 11.8. The zero-order valence-corrected chi connectivity index (χ0v) is 13.4. The van der Waals surface area contributed by atoms with Gasteiger partial charge in [-0.05, 0) is 38.1 Å². The number of nitrogens with zero attached hydrogens (tertiary/aromatic N) is 4. The Balaban J connectivity index is 2.04. The molecule has 22 heavy (non-hydrogen) atoms. The van der Waals surface area contributed by atoms with Crippen molar-refractivity contribution in [2.75, 3.05) is 4.72 Å². The Kier molecular flexibility index (Phi) is 3.50. The highest BCUT2D eigenvalue weighted by atomic mass is 35.5. The van der Waals surface area contributed by atoms with Gasteiger partial charge in [0.1, 0.15) is 0 Å². The van der Waals surface area contributed by atoms with Gasteiger partial charge in [-0.15, -0.1) is 5.10 Å². The van der Waals surface area contributed by atoms with Crippen LogP contribution in [-0.4, -0.2) is 28.0 Å². The van der Waals surface area contributed by atoms with E-state index in [0.29, 0.717) is 10.7 Å². The van der Waals surface area contributed by atoms with Crippen LogP contribution >= 0.6 is 11.6 Å². The van der Waals surface area contributed by atoms with Crippen molar-refractivity contribution in [3.63, 3.8) is 0 Å². The first-order valence-electron chi connectivity index (χ1n) is 6.34. The van der Waals surface area contributed by atoms with Gasteiger partial charge in [0.2, 0.25) is 0 Å². The first-order chi connectivity index (χ1) is 10.3. The Bertz CT molecular complexity index is 968. The summed E-state index contributed by atoms with van der Waals surface area (Å²) < 4.78 is 28.5. The van der Waals surface area contributed by atoms with Crippen molar-refractivity contribution >= 4 is 33.1 Å². The lowest BCUT2D eigenvalue weighted by Crippen LogP contribution is -2.14. The van der Waals surface area contributed by atoms with Crippen molar-refractivity contribution < 1.29 is 8.42 Å². The molecule has 3 aromatic rings. The third-order valence-corrected chi connectivity index (χ3v) is 4.31.